The molecule has 94 valence electrons. The lowest BCUT2D eigenvalue weighted by molar-refractivity contribution is 0.478. The molecule has 0 fully saturated rings. The Balaban J connectivity index is 1.90. The first-order chi connectivity index (χ1) is 9.22. The number of rotatable bonds is 2. The van der Waals surface area contributed by atoms with Gasteiger partial charge in [0, 0.05) is 11.7 Å². The van der Waals surface area contributed by atoms with E-state index in [1.807, 2.05) is 30.5 Å². The van der Waals surface area contributed by atoms with Crippen molar-refractivity contribution in [2.75, 3.05) is 5.73 Å². The zero-order chi connectivity index (χ0) is 13.2. The molecule has 1 heterocycles. The van der Waals surface area contributed by atoms with Crippen LogP contribution in [0.15, 0.2) is 48.7 Å². The summed E-state index contributed by atoms with van der Waals surface area (Å²) in [5.41, 5.74) is 9.27. The number of H-pyrrole nitrogens is 1. The molecule has 0 amide bonds. The number of nitrogens with two attached hydrogens (primary N) is 1. The van der Waals surface area contributed by atoms with E-state index in [0.29, 0.717) is 5.69 Å². The van der Waals surface area contributed by atoms with Crippen molar-refractivity contribution in [2.45, 2.75) is 0 Å². The summed E-state index contributed by atoms with van der Waals surface area (Å²) in [4.78, 5) is 3.17. The average molecular weight is 250 g/mol. The minimum Gasteiger partial charge on any atom is -0.506 e. The van der Waals surface area contributed by atoms with Crippen LogP contribution in [0.2, 0.25) is 0 Å². The SMILES string of the molecule is Nc1cc(/C=C\c2ccc3[nH]ccc3c2)ccc1O. The molecule has 0 bridgehead atoms. The third kappa shape index (κ3) is 2.31. The van der Waals surface area contributed by atoms with Gasteiger partial charge in [-0.3, -0.25) is 0 Å². The van der Waals surface area contributed by atoms with Crippen LogP contribution >= 0.6 is 0 Å². The van der Waals surface area contributed by atoms with Crippen molar-refractivity contribution in [3.05, 3.63) is 59.8 Å². The highest BCUT2D eigenvalue weighted by Crippen LogP contribution is 2.22. The van der Waals surface area contributed by atoms with Gasteiger partial charge < -0.3 is 15.8 Å². The van der Waals surface area contributed by atoms with Crippen molar-refractivity contribution in [1.82, 2.24) is 4.98 Å². The Bertz CT molecular complexity index is 756. The number of aromatic nitrogens is 1. The maximum Gasteiger partial charge on any atom is 0.138 e. The quantitative estimate of drug-likeness (QED) is 0.369. The third-order valence-corrected chi connectivity index (χ3v) is 3.10. The van der Waals surface area contributed by atoms with E-state index in [0.717, 1.165) is 16.6 Å². The van der Waals surface area contributed by atoms with Gasteiger partial charge in [-0.1, -0.05) is 24.3 Å². The molecule has 1 aromatic heterocycles. The van der Waals surface area contributed by atoms with Crippen LogP contribution in [-0.4, -0.2) is 10.1 Å². The van der Waals surface area contributed by atoms with E-state index >= 15 is 0 Å². The fraction of sp³-hybridized carbons (Fsp3) is 0. The standard InChI is InChI=1S/C16H14N2O/c17-14-10-12(4-6-16(14)19)2-1-11-3-5-15-13(9-11)7-8-18-15/h1-10,18-19H,17H2/b2-1-. The van der Waals surface area contributed by atoms with Crippen LogP contribution in [-0.2, 0) is 0 Å². The van der Waals surface area contributed by atoms with Crippen LogP contribution in [0.3, 0.4) is 0 Å². The van der Waals surface area contributed by atoms with E-state index in [1.165, 1.54) is 5.39 Å². The molecule has 0 saturated heterocycles. The monoisotopic (exact) mass is 250 g/mol. The molecular weight excluding hydrogens is 236 g/mol. The molecule has 3 nitrogen and oxygen atoms in total. The van der Waals surface area contributed by atoms with Crippen molar-refractivity contribution < 1.29 is 5.11 Å². The maximum atomic E-state index is 9.37. The number of anilines is 1. The highest BCUT2D eigenvalue weighted by molar-refractivity contribution is 5.83. The van der Waals surface area contributed by atoms with Crippen molar-refractivity contribution in [3.8, 4) is 5.75 Å². The highest BCUT2D eigenvalue weighted by Gasteiger charge is 1.97. The molecule has 4 N–H and O–H groups in total. The lowest BCUT2D eigenvalue weighted by Gasteiger charge is -2.00. The first-order valence-electron chi connectivity index (χ1n) is 6.06. The van der Waals surface area contributed by atoms with Crippen molar-refractivity contribution in [1.29, 1.82) is 0 Å². The first-order valence-corrected chi connectivity index (χ1v) is 6.06. The molecular formula is C16H14N2O. The Morgan fingerprint density at radius 1 is 0.947 bits per heavy atom. The van der Waals surface area contributed by atoms with Gasteiger partial charge in [0.05, 0.1) is 5.69 Å². The largest absolute Gasteiger partial charge is 0.506 e. The molecule has 3 heteroatoms. The molecule has 0 aliphatic carbocycles. The molecule has 2 aromatic carbocycles. The summed E-state index contributed by atoms with van der Waals surface area (Å²) >= 11 is 0. The Morgan fingerprint density at radius 3 is 2.47 bits per heavy atom. The topological polar surface area (TPSA) is 62.0 Å². The van der Waals surface area contributed by atoms with Gasteiger partial charge in [-0.15, -0.1) is 0 Å². The number of benzene rings is 2. The van der Waals surface area contributed by atoms with Crippen LogP contribution in [0.1, 0.15) is 11.1 Å². The minimum atomic E-state index is 0.117. The molecule has 3 aromatic rings. The predicted octanol–water partition coefficient (Wildman–Crippen LogP) is 3.63. The van der Waals surface area contributed by atoms with E-state index in [4.69, 9.17) is 5.73 Å². The zero-order valence-electron chi connectivity index (χ0n) is 10.3. The van der Waals surface area contributed by atoms with Crippen LogP contribution < -0.4 is 5.73 Å². The van der Waals surface area contributed by atoms with E-state index in [2.05, 4.69) is 23.2 Å². The lowest BCUT2D eigenvalue weighted by Crippen LogP contribution is -1.85. The molecule has 19 heavy (non-hydrogen) atoms. The van der Waals surface area contributed by atoms with Gasteiger partial charge in [-0.2, -0.15) is 0 Å². The van der Waals surface area contributed by atoms with Gasteiger partial charge in [0.2, 0.25) is 0 Å². The fourth-order valence-corrected chi connectivity index (χ4v) is 2.04. The second-order valence-electron chi connectivity index (χ2n) is 4.48. The first kappa shape index (κ1) is 11.4. The molecule has 3 rings (SSSR count). The third-order valence-electron chi connectivity index (χ3n) is 3.10. The maximum absolute atomic E-state index is 9.37. The summed E-state index contributed by atoms with van der Waals surface area (Å²) in [6.45, 7) is 0. The zero-order valence-corrected chi connectivity index (χ0v) is 10.3. The van der Waals surface area contributed by atoms with E-state index in [9.17, 15) is 5.11 Å². The second-order valence-corrected chi connectivity index (χ2v) is 4.48. The van der Waals surface area contributed by atoms with Gasteiger partial charge in [-0.25, -0.2) is 0 Å². The predicted molar refractivity (Wildman–Crippen MR) is 79.7 cm³/mol. The van der Waals surface area contributed by atoms with E-state index in [-0.39, 0.29) is 5.75 Å². The van der Waals surface area contributed by atoms with Gasteiger partial charge in [0.25, 0.3) is 0 Å². The molecule has 0 saturated carbocycles. The van der Waals surface area contributed by atoms with Crippen molar-refractivity contribution in [3.63, 3.8) is 0 Å². The number of hydrogen-bond donors (Lipinski definition) is 3. The highest BCUT2D eigenvalue weighted by atomic mass is 16.3. The molecule has 0 aliphatic heterocycles. The number of nitrogen functional groups attached to an aromatic ring is 1. The number of fused-ring (bicyclic) bond motifs is 1. The summed E-state index contributed by atoms with van der Waals surface area (Å²) in [5.74, 6) is 0.117. The number of hydrogen-bond acceptors (Lipinski definition) is 2. The summed E-state index contributed by atoms with van der Waals surface area (Å²) in [7, 11) is 0. The van der Waals surface area contributed by atoms with Crippen LogP contribution in [0.25, 0.3) is 23.1 Å². The molecule has 0 atom stereocenters. The number of aromatic hydroxyl groups is 1. The smallest absolute Gasteiger partial charge is 0.138 e. The van der Waals surface area contributed by atoms with Crippen LogP contribution in [0.5, 0.6) is 5.75 Å². The number of phenolic OH excluding ortho intramolecular Hbond substituents is 1. The van der Waals surface area contributed by atoms with Gasteiger partial charge in [0.1, 0.15) is 5.75 Å². The summed E-state index contributed by atoms with van der Waals surface area (Å²) < 4.78 is 0. The number of phenols is 1. The number of nitrogens with one attached hydrogen (secondary N) is 1. The fourth-order valence-electron chi connectivity index (χ4n) is 2.04. The van der Waals surface area contributed by atoms with Crippen LogP contribution in [0, 0.1) is 0 Å². The van der Waals surface area contributed by atoms with Gasteiger partial charge in [0.15, 0.2) is 0 Å². The minimum absolute atomic E-state index is 0.117. The van der Waals surface area contributed by atoms with E-state index < -0.39 is 0 Å². The Kier molecular flexibility index (Phi) is 2.72. The molecule has 0 radical (unpaired) electrons. The van der Waals surface area contributed by atoms with Crippen molar-refractivity contribution in [2.24, 2.45) is 0 Å². The summed E-state index contributed by atoms with van der Waals surface area (Å²) in [6.07, 6.45) is 5.93. The molecule has 0 unspecified atom stereocenters. The average Bonchev–Trinajstić information content (AvgIpc) is 2.87. The van der Waals surface area contributed by atoms with Crippen LogP contribution in [0.4, 0.5) is 5.69 Å². The Hall–Kier alpha value is -2.68. The normalized spacial score (nSPS) is 11.4. The summed E-state index contributed by atoms with van der Waals surface area (Å²) in [5, 5.41) is 10.6. The van der Waals surface area contributed by atoms with Gasteiger partial charge in [-0.05, 0) is 46.8 Å². The summed E-state index contributed by atoms with van der Waals surface area (Å²) in [6, 6.07) is 13.5. The Labute approximate surface area is 111 Å². The van der Waals surface area contributed by atoms with Crippen molar-refractivity contribution >= 4 is 28.7 Å². The molecule has 0 aliphatic rings. The second kappa shape index (κ2) is 4.53. The van der Waals surface area contributed by atoms with E-state index in [1.54, 1.807) is 12.1 Å². The van der Waals surface area contributed by atoms with Gasteiger partial charge >= 0.3 is 0 Å². The Morgan fingerprint density at radius 2 is 1.68 bits per heavy atom. The number of aromatic amines is 1. The lowest BCUT2D eigenvalue weighted by atomic mass is 10.1. The molecule has 0 spiro atoms.